The molecular formula is C15H25F3N6S. The van der Waals surface area contributed by atoms with Crippen molar-refractivity contribution in [2.75, 3.05) is 43.5 Å². The number of hydrogen-bond acceptors (Lipinski definition) is 5. The molecule has 0 unspecified atom stereocenters. The van der Waals surface area contributed by atoms with E-state index in [4.69, 9.17) is 0 Å². The lowest BCUT2D eigenvalue weighted by atomic mass is 10.3. The van der Waals surface area contributed by atoms with Crippen LogP contribution in [-0.4, -0.2) is 54.1 Å². The summed E-state index contributed by atoms with van der Waals surface area (Å²) in [6.45, 7) is 4.30. The summed E-state index contributed by atoms with van der Waals surface area (Å²) in [6.07, 6.45) is 0.840. The maximum absolute atomic E-state index is 12.6. The van der Waals surface area contributed by atoms with Crippen LogP contribution in [0.2, 0.25) is 0 Å². The molecule has 1 aromatic rings. The van der Waals surface area contributed by atoms with Gasteiger partial charge in [-0.2, -0.15) is 24.9 Å². The third-order valence-corrected chi connectivity index (χ3v) is 3.71. The van der Waals surface area contributed by atoms with Crippen molar-refractivity contribution in [1.82, 2.24) is 20.6 Å². The van der Waals surface area contributed by atoms with E-state index in [1.807, 2.05) is 18.7 Å². The lowest BCUT2D eigenvalue weighted by molar-refractivity contribution is -0.141. The number of anilines is 1. The summed E-state index contributed by atoms with van der Waals surface area (Å²) in [5, 5.41) is 9.02. The van der Waals surface area contributed by atoms with Gasteiger partial charge in [0.1, 0.15) is 5.69 Å². The minimum atomic E-state index is -4.47. The minimum Gasteiger partial charge on any atom is -0.357 e. The molecule has 0 aromatic carbocycles. The van der Waals surface area contributed by atoms with Crippen LogP contribution in [0.5, 0.6) is 0 Å². The first-order valence-electron chi connectivity index (χ1n) is 8.12. The molecule has 0 radical (unpaired) electrons. The average molecular weight is 378 g/mol. The van der Waals surface area contributed by atoms with Crippen LogP contribution >= 0.6 is 11.8 Å². The first-order chi connectivity index (χ1) is 12.0. The number of nitrogens with one attached hydrogen (secondary N) is 3. The molecule has 0 bridgehead atoms. The van der Waals surface area contributed by atoms with E-state index in [-0.39, 0.29) is 5.95 Å². The average Bonchev–Trinajstić information content (AvgIpc) is 2.58. The molecule has 10 heteroatoms. The molecule has 1 rings (SSSR count). The van der Waals surface area contributed by atoms with Crippen LogP contribution in [0, 0.1) is 0 Å². The monoisotopic (exact) mass is 378 g/mol. The normalized spacial score (nSPS) is 12.1. The van der Waals surface area contributed by atoms with Gasteiger partial charge in [-0.1, -0.05) is 0 Å². The van der Waals surface area contributed by atoms with Gasteiger partial charge in [-0.15, -0.1) is 0 Å². The summed E-state index contributed by atoms with van der Waals surface area (Å²) < 4.78 is 37.8. The summed E-state index contributed by atoms with van der Waals surface area (Å²) in [4.78, 5) is 11.7. The van der Waals surface area contributed by atoms with E-state index < -0.39 is 11.9 Å². The largest absolute Gasteiger partial charge is 0.433 e. The van der Waals surface area contributed by atoms with Crippen LogP contribution in [0.1, 0.15) is 25.5 Å². The maximum atomic E-state index is 12.6. The standard InChI is InChI=1S/C15H25F3N6S/c1-3-19-13(20-7-4-5-11-25-2)22-9-10-23-14-21-8-6-12(24-14)15(16,17)18/h6,8H,3-5,7,9-11H2,1-2H3,(H2,19,20,22)(H,21,23,24). The van der Waals surface area contributed by atoms with E-state index in [9.17, 15) is 13.2 Å². The molecule has 6 nitrogen and oxygen atoms in total. The highest BCUT2D eigenvalue weighted by Crippen LogP contribution is 2.27. The van der Waals surface area contributed by atoms with Gasteiger partial charge in [-0.25, -0.2) is 9.97 Å². The van der Waals surface area contributed by atoms with Crippen molar-refractivity contribution in [2.24, 2.45) is 4.99 Å². The molecule has 0 spiro atoms. The number of nitrogens with zero attached hydrogens (tertiary/aromatic N) is 3. The fraction of sp³-hybridized carbons (Fsp3) is 0.667. The van der Waals surface area contributed by atoms with Crippen LogP contribution in [0.4, 0.5) is 19.1 Å². The Hall–Kier alpha value is -1.71. The number of hydrogen-bond donors (Lipinski definition) is 3. The lowest BCUT2D eigenvalue weighted by Gasteiger charge is -2.12. The number of thioether (sulfide) groups is 1. The van der Waals surface area contributed by atoms with Gasteiger partial charge in [-0.3, -0.25) is 4.99 Å². The van der Waals surface area contributed by atoms with Crippen molar-refractivity contribution in [1.29, 1.82) is 0 Å². The zero-order valence-electron chi connectivity index (χ0n) is 14.5. The highest BCUT2D eigenvalue weighted by molar-refractivity contribution is 7.98. The number of alkyl halides is 3. The Bertz CT molecular complexity index is 524. The molecular weight excluding hydrogens is 353 g/mol. The smallest absolute Gasteiger partial charge is 0.357 e. The van der Waals surface area contributed by atoms with Crippen molar-refractivity contribution in [3.63, 3.8) is 0 Å². The molecule has 1 aromatic heterocycles. The Kier molecular flexibility index (Phi) is 10.0. The second-order valence-corrected chi connectivity index (χ2v) is 6.06. The minimum absolute atomic E-state index is 0.0457. The van der Waals surface area contributed by atoms with Gasteiger partial charge in [-0.05, 0) is 37.8 Å². The molecule has 0 saturated carbocycles. The van der Waals surface area contributed by atoms with Gasteiger partial charge < -0.3 is 16.0 Å². The number of unbranched alkanes of at least 4 members (excludes halogenated alkanes) is 1. The molecule has 0 fully saturated rings. The second-order valence-electron chi connectivity index (χ2n) is 5.08. The number of aromatic nitrogens is 2. The van der Waals surface area contributed by atoms with Gasteiger partial charge in [0.15, 0.2) is 5.96 Å². The van der Waals surface area contributed by atoms with Gasteiger partial charge in [0.05, 0.1) is 0 Å². The number of rotatable bonds is 10. The van der Waals surface area contributed by atoms with E-state index in [2.05, 4.69) is 37.2 Å². The number of aliphatic imine (C=N–C) groups is 1. The Morgan fingerprint density at radius 3 is 2.72 bits per heavy atom. The predicted octanol–water partition coefficient (Wildman–Crippen LogP) is 2.61. The highest BCUT2D eigenvalue weighted by Gasteiger charge is 2.32. The highest BCUT2D eigenvalue weighted by atomic mass is 32.2. The van der Waals surface area contributed by atoms with Crippen LogP contribution in [0.25, 0.3) is 0 Å². The van der Waals surface area contributed by atoms with Crippen molar-refractivity contribution in [3.05, 3.63) is 18.0 Å². The number of halogens is 3. The molecule has 3 N–H and O–H groups in total. The van der Waals surface area contributed by atoms with E-state index in [0.29, 0.717) is 19.0 Å². The number of guanidine groups is 1. The molecule has 0 saturated heterocycles. The Morgan fingerprint density at radius 1 is 1.24 bits per heavy atom. The van der Waals surface area contributed by atoms with E-state index >= 15 is 0 Å². The van der Waals surface area contributed by atoms with Gasteiger partial charge in [0.2, 0.25) is 5.95 Å². The van der Waals surface area contributed by atoms with E-state index in [1.165, 1.54) is 0 Å². The van der Waals surface area contributed by atoms with Crippen LogP contribution in [-0.2, 0) is 6.18 Å². The van der Waals surface area contributed by atoms with E-state index in [0.717, 1.165) is 43.9 Å². The summed E-state index contributed by atoms with van der Waals surface area (Å²) in [6, 6.07) is 0.844. The Morgan fingerprint density at radius 2 is 2.04 bits per heavy atom. The SMILES string of the molecule is CCNC(=NCCCCSC)NCCNc1nccc(C(F)(F)F)n1. The summed E-state index contributed by atoms with van der Waals surface area (Å²) >= 11 is 1.82. The fourth-order valence-corrected chi connectivity index (χ4v) is 2.34. The lowest BCUT2D eigenvalue weighted by Crippen LogP contribution is -2.39. The first-order valence-corrected chi connectivity index (χ1v) is 9.52. The van der Waals surface area contributed by atoms with Gasteiger partial charge in [0.25, 0.3) is 0 Å². The third kappa shape index (κ3) is 9.37. The van der Waals surface area contributed by atoms with Gasteiger partial charge in [0, 0.05) is 32.4 Å². The topological polar surface area (TPSA) is 74.2 Å². The molecule has 0 atom stereocenters. The second kappa shape index (κ2) is 11.8. The Balaban J connectivity index is 2.37. The zero-order valence-corrected chi connectivity index (χ0v) is 15.3. The Labute approximate surface area is 150 Å². The van der Waals surface area contributed by atoms with Crippen molar-refractivity contribution < 1.29 is 13.2 Å². The molecule has 0 amide bonds. The van der Waals surface area contributed by atoms with E-state index in [1.54, 1.807) is 0 Å². The fourth-order valence-electron chi connectivity index (χ4n) is 1.85. The molecule has 1 heterocycles. The van der Waals surface area contributed by atoms with Crippen molar-refractivity contribution in [2.45, 2.75) is 25.9 Å². The maximum Gasteiger partial charge on any atom is 0.433 e. The van der Waals surface area contributed by atoms with Crippen molar-refractivity contribution >= 4 is 23.7 Å². The summed E-state index contributed by atoms with van der Waals surface area (Å²) in [7, 11) is 0. The summed E-state index contributed by atoms with van der Waals surface area (Å²) in [5.41, 5.74) is -0.960. The zero-order chi connectivity index (χ0) is 18.5. The van der Waals surface area contributed by atoms with Gasteiger partial charge >= 0.3 is 6.18 Å². The molecule has 0 aliphatic rings. The summed E-state index contributed by atoms with van der Waals surface area (Å²) in [5.74, 6) is 1.77. The molecule has 0 aliphatic carbocycles. The molecule has 142 valence electrons. The van der Waals surface area contributed by atoms with Crippen LogP contribution in [0.15, 0.2) is 17.3 Å². The first kappa shape index (κ1) is 21.3. The quantitative estimate of drug-likeness (QED) is 0.330. The van der Waals surface area contributed by atoms with Crippen molar-refractivity contribution in [3.8, 4) is 0 Å². The molecule has 0 aliphatic heterocycles. The molecule has 25 heavy (non-hydrogen) atoms. The van der Waals surface area contributed by atoms with Crippen LogP contribution in [0.3, 0.4) is 0 Å². The third-order valence-electron chi connectivity index (χ3n) is 3.02. The predicted molar refractivity (Wildman–Crippen MR) is 97.1 cm³/mol. The van der Waals surface area contributed by atoms with Crippen LogP contribution < -0.4 is 16.0 Å².